The van der Waals surface area contributed by atoms with Gasteiger partial charge in [0.25, 0.3) is 0 Å². The van der Waals surface area contributed by atoms with E-state index >= 15 is 0 Å². The molecular weight excluding hydrogens is 72.1 g/mol. The molecule has 0 saturated heterocycles. The molecule has 0 aliphatic heterocycles. The summed E-state index contributed by atoms with van der Waals surface area (Å²) in [5, 5.41) is 0. The SMILES string of the molecule is C#C[C@@H](C)C[CH2]. The van der Waals surface area contributed by atoms with Crippen LogP contribution >= 0.6 is 0 Å². The highest BCUT2D eigenvalue weighted by atomic mass is 13.9. The molecule has 0 bridgehead atoms. The van der Waals surface area contributed by atoms with E-state index in [-0.39, 0.29) is 0 Å². The highest BCUT2D eigenvalue weighted by molar-refractivity contribution is 4.90. The van der Waals surface area contributed by atoms with Crippen LogP contribution in [0.4, 0.5) is 0 Å². The molecule has 0 nitrogen and oxygen atoms in total. The smallest absolute Gasteiger partial charge is 0.0171 e. The van der Waals surface area contributed by atoms with Crippen LogP contribution in [0.25, 0.3) is 0 Å². The molecule has 0 aliphatic rings. The Labute approximate surface area is 39.6 Å². The summed E-state index contributed by atoms with van der Waals surface area (Å²) >= 11 is 0. The van der Waals surface area contributed by atoms with Gasteiger partial charge in [0.2, 0.25) is 0 Å². The van der Waals surface area contributed by atoms with Gasteiger partial charge in [0.1, 0.15) is 0 Å². The zero-order chi connectivity index (χ0) is 4.99. The number of hydrogen-bond donors (Lipinski definition) is 0. The molecule has 0 saturated carbocycles. The van der Waals surface area contributed by atoms with Crippen molar-refractivity contribution in [3.05, 3.63) is 6.92 Å². The van der Waals surface area contributed by atoms with Crippen LogP contribution in [0.5, 0.6) is 0 Å². The summed E-state index contributed by atoms with van der Waals surface area (Å²) in [7, 11) is 0. The van der Waals surface area contributed by atoms with E-state index in [2.05, 4.69) is 12.8 Å². The van der Waals surface area contributed by atoms with Crippen molar-refractivity contribution in [3.8, 4) is 12.3 Å². The molecule has 0 amide bonds. The second kappa shape index (κ2) is 2.78. The van der Waals surface area contributed by atoms with Crippen LogP contribution in [0.3, 0.4) is 0 Å². The Balaban J connectivity index is 3.04. The van der Waals surface area contributed by atoms with Gasteiger partial charge in [-0.05, 0) is 6.42 Å². The lowest BCUT2D eigenvalue weighted by atomic mass is 10.1. The van der Waals surface area contributed by atoms with Gasteiger partial charge in [0, 0.05) is 5.92 Å². The van der Waals surface area contributed by atoms with E-state index in [1.165, 1.54) is 0 Å². The van der Waals surface area contributed by atoms with Gasteiger partial charge in [-0.3, -0.25) is 0 Å². The van der Waals surface area contributed by atoms with Crippen molar-refractivity contribution in [1.82, 2.24) is 0 Å². The van der Waals surface area contributed by atoms with Crippen LogP contribution < -0.4 is 0 Å². The van der Waals surface area contributed by atoms with Crippen molar-refractivity contribution >= 4 is 0 Å². The molecule has 0 aromatic rings. The minimum absolute atomic E-state index is 0.352. The summed E-state index contributed by atoms with van der Waals surface area (Å²) in [6.45, 7) is 5.59. The fourth-order valence-corrected chi connectivity index (χ4v) is 0.0833. The van der Waals surface area contributed by atoms with Gasteiger partial charge in [-0.25, -0.2) is 0 Å². The predicted molar refractivity (Wildman–Crippen MR) is 28.0 cm³/mol. The van der Waals surface area contributed by atoms with Crippen LogP contribution in [0.1, 0.15) is 13.3 Å². The van der Waals surface area contributed by atoms with Gasteiger partial charge in [0.05, 0.1) is 0 Å². The monoisotopic (exact) mass is 81.1 g/mol. The second-order valence-corrected chi connectivity index (χ2v) is 1.36. The van der Waals surface area contributed by atoms with Crippen LogP contribution in [-0.4, -0.2) is 0 Å². The first kappa shape index (κ1) is 5.56. The Morgan fingerprint density at radius 1 is 2.00 bits per heavy atom. The topological polar surface area (TPSA) is 0 Å². The standard InChI is InChI=1S/C6H9/c1-4-6(3)5-2/h1,6H,2,5H2,3H3/t6-/m1/s1. The molecular formula is C6H9. The summed E-state index contributed by atoms with van der Waals surface area (Å²) < 4.78 is 0. The van der Waals surface area contributed by atoms with E-state index in [4.69, 9.17) is 6.42 Å². The number of rotatable bonds is 1. The van der Waals surface area contributed by atoms with E-state index in [9.17, 15) is 0 Å². The zero-order valence-electron chi connectivity index (χ0n) is 4.07. The molecule has 33 valence electrons. The van der Waals surface area contributed by atoms with Crippen molar-refractivity contribution in [2.45, 2.75) is 13.3 Å². The van der Waals surface area contributed by atoms with E-state index < -0.39 is 0 Å². The van der Waals surface area contributed by atoms with Gasteiger partial charge < -0.3 is 0 Å². The highest BCUT2D eigenvalue weighted by Gasteiger charge is 1.85. The van der Waals surface area contributed by atoms with Gasteiger partial charge in [0.15, 0.2) is 0 Å². The fraction of sp³-hybridized carbons (Fsp3) is 0.500. The van der Waals surface area contributed by atoms with Crippen molar-refractivity contribution in [2.24, 2.45) is 5.92 Å². The average Bonchev–Trinajstić information content (AvgIpc) is 1.65. The van der Waals surface area contributed by atoms with E-state index in [1.54, 1.807) is 0 Å². The Hall–Kier alpha value is -0.440. The van der Waals surface area contributed by atoms with Crippen LogP contribution in [-0.2, 0) is 0 Å². The first-order valence-corrected chi connectivity index (χ1v) is 2.06. The Kier molecular flexibility index (Phi) is 2.58. The molecule has 0 aliphatic carbocycles. The molecule has 0 N–H and O–H groups in total. The molecule has 1 atom stereocenters. The lowest BCUT2D eigenvalue weighted by Gasteiger charge is -1.90. The molecule has 0 heterocycles. The van der Waals surface area contributed by atoms with Crippen molar-refractivity contribution < 1.29 is 0 Å². The molecule has 0 aromatic carbocycles. The first-order chi connectivity index (χ1) is 2.81. The Bertz CT molecular complexity index is 56.9. The summed E-state index contributed by atoms with van der Waals surface area (Å²) in [4.78, 5) is 0. The maximum Gasteiger partial charge on any atom is 0.0171 e. The maximum absolute atomic E-state index is 4.99. The van der Waals surface area contributed by atoms with Crippen LogP contribution in [0.2, 0.25) is 0 Å². The highest BCUT2D eigenvalue weighted by Crippen LogP contribution is 1.93. The largest absolute Gasteiger partial charge is 0.120 e. The van der Waals surface area contributed by atoms with Crippen molar-refractivity contribution in [2.75, 3.05) is 0 Å². The zero-order valence-corrected chi connectivity index (χ0v) is 4.07. The molecule has 0 rings (SSSR count). The van der Waals surface area contributed by atoms with Crippen molar-refractivity contribution in [3.63, 3.8) is 0 Å². The summed E-state index contributed by atoms with van der Waals surface area (Å²) in [5.74, 6) is 2.90. The molecule has 0 unspecified atom stereocenters. The quantitative estimate of drug-likeness (QED) is 0.419. The van der Waals surface area contributed by atoms with Gasteiger partial charge >= 0.3 is 0 Å². The van der Waals surface area contributed by atoms with Crippen LogP contribution in [0, 0.1) is 25.2 Å². The van der Waals surface area contributed by atoms with E-state index in [1.807, 2.05) is 6.92 Å². The minimum atomic E-state index is 0.352. The molecule has 6 heavy (non-hydrogen) atoms. The third-order valence-electron chi connectivity index (χ3n) is 0.718. The number of terminal acetylenes is 1. The van der Waals surface area contributed by atoms with Crippen LogP contribution in [0.15, 0.2) is 0 Å². The Morgan fingerprint density at radius 2 is 2.50 bits per heavy atom. The fourth-order valence-electron chi connectivity index (χ4n) is 0.0833. The van der Waals surface area contributed by atoms with Gasteiger partial charge in [-0.2, -0.15) is 0 Å². The minimum Gasteiger partial charge on any atom is -0.120 e. The molecule has 0 fully saturated rings. The molecule has 0 spiro atoms. The van der Waals surface area contributed by atoms with Gasteiger partial charge in [-0.15, -0.1) is 12.3 Å². The van der Waals surface area contributed by atoms with E-state index in [0.717, 1.165) is 6.42 Å². The molecule has 0 heteroatoms. The lowest BCUT2D eigenvalue weighted by Crippen LogP contribution is -1.82. The Morgan fingerprint density at radius 3 is 2.50 bits per heavy atom. The maximum atomic E-state index is 4.99. The summed E-state index contributed by atoms with van der Waals surface area (Å²) in [6, 6.07) is 0. The summed E-state index contributed by atoms with van der Waals surface area (Å²) in [6.07, 6.45) is 5.84. The molecule has 0 aromatic heterocycles. The predicted octanol–water partition coefficient (Wildman–Crippen LogP) is 1.48. The number of hydrogen-bond acceptors (Lipinski definition) is 0. The normalized spacial score (nSPS) is 12.8. The summed E-state index contributed by atoms with van der Waals surface area (Å²) in [5.41, 5.74) is 0. The van der Waals surface area contributed by atoms with Gasteiger partial charge in [-0.1, -0.05) is 13.8 Å². The first-order valence-electron chi connectivity index (χ1n) is 2.06. The molecule has 1 radical (unpaired) electrons. The second-order valence-electron chi connectivity index (χ2n) is 1.36. The third kappa shape index (κ3) is 1.84. The third-order valence-corrected chi connectivity index (χ3v) is 0.718. The van der Waals surface area contributed by atoms with Crippen molar-refractivity contribution in [1.29, 1.82) is 0 Å². The van der Waals surface area contributed by atoms with E-state index in [0.29, 0.717) is 5.92 Å². The lowest BCUT2D eigenvalue weighted by molar-refractivity contribution is 0.771. The average molecular weight is 81.1 g/mol.